The van der Waals surface area contributed by atoms with Gasteiger partial charge in [0.2, 0.25) is 0 Å². The topological polar surface area (TPSA) is 58.3 Å². The summed E-state index contributed by atoms with van der Waals surface area (Å²) in [5.74, 6) is 0.331. The van der Waals surface area contributed by atoms with Gasteiger partial charge in [-0.05, 0) is 56.5 Å². The third kappa shape index (κ3) is 2.20. The maximum Gasteiger partial charge on any atom is 0.0897 e. The minimum Gasteiger partial charge on any atom is -0.399 e. The lowest BCUT2D eigenvalue weighted by Crippen LogP contribution is -2.39. The Balaban J connectivity index is 2.19. The minimum atomic E-state index is -0.740. The summed E-state index contributed by atoms with van der Waals surface area (Å²) in [6.45, 7) is 3.90. The standard InChI is InChI=1S/C13H20N2O/c1-13(16,11-6-8-15-9-7-11)10-2-4-12(14)5-3-10/h2-5,11,15-16H,6-9,14H2,1H3. The molecule has 0 aromatic heterocycles. The molecule has 1 heterocycles. The Hall–Kier alpha value is -1.06. The van der Waals surface area contributed by atoms with Gasteiger partial charge >= 0.3 is 0 Å². The molecule has 1 unspecified atom stereocenters. The van der Waals surface area contributed by atoms with E-state index in [9.17, 15) is 5.11 Å². The molecular weight excluding hydrogens is 200 g/mol. The predicted molar refractivity (Wildman–Crippen MR) is 66.0 cm³/mol. The van der Waals surface area contributed by atoms with Crippen molar-refractivity contribution in [3.05, 3.63) is 29.8 Å². The predicted octanol–water partition coefficient (Wildman–Crippen LogP) is 1.48. The SMILES string of the molecule is CC(O)(c1ccc(N)cc1)C1CCNCC1. The molecule has 1 aliphatic rings. The summed E-state index contributed by atoms with van der Waals surface area (Å²) < 4.78 is 0. The first-order valence-electron chi connectivity index (χ1n) is 5.90. The van der Waals surface area contributed by atoms with Crippen LogP contribution in [0.15, 0.2) is 24.3 Å². The average molecular weight is 220 g/mol. The van der Waals surface area contributed by atoms with Gasteiger partial charge in [-0.15, -0.1) is 0 Å². The van der Waals surface area contributed by atoms with Gasteiger partial charge in [-0.3, -0.25) is 0 Å². The van der Waals surface area contributed by atoms with Crippen molar-refractivity contribution >= 4 is 5.69 Å². The molecule has 0 radical (unpaired) electrons. The summed E-state index contributed by atoms with van der Waals surface area (Å²) in [5, 5.41) is 13.9. The molecule has 3 heteroatoms. The number of anilines is 1. The van der Waals surface area contributed by atoms with Gasteiger partial charge in [-0.1, -0.05) is 12.1 Å². The minimum absolute atomic E-state index is 0.331. The summed E-state index contributed by atoms with van der Waals surface area (Å²) in [5.41, 5.74) is 6.62. The Morgan fingerprint density at radius 3 is 2.38 bits per heavy atom. The number of nitrogens with one attached hydrogen (secondary N) is 1. The first kappa shape index (κ1) is 11.4. The monoisotopic (exact) mass is 220 g/mol. The van der Waals surface area contributed by atoms with Gasteiger partial charge in [-0.25, -0.2) is 0 Å². The van der Waals surface area contributed by atoms with Gasteiger partial charge < -0.3 is 16.2 Å². The fourth-order valence-corrected chi connectivity index (χ4v) is 2.44. The van der Waals surface area contributed by atoms with Crippen LogP contribution in [0.4, 0.5) is 5.69 Å². The van der Waals surface area contributed by atoms with E-state index in [1.807, 2.05) is 31.2 Å². The van der Waals surface area contributed by atoms with Crippen LogP contribution in [0.25, 0.3) is 0 Å². The Kier molecular flexibility index (Phi) is 3.17. The molecule has 1 aromatic carbocycles. The highest BCUT2D eigenvalue weighted by Gasteiger charge is 2.34. The van der Waals surface area contributed by atoms with E-state index in [1.54, 1.807) is 0 Å². The number of nitrogens with two attached hydrogens (primary N) is 1. The van der Waals surface area contributed by atoms with Crippen LogP contribution < -0.4 is 11.1 Å². The first-order valence-corrected chi connectivity index (χ1v) is 5.90. The third-order valence-electron chi connectivity index (χ3n) is 3.63. The van der Waals surface area contributed by atoms with E-state index in [0.29, 0.717) is 5.92 Å². The Bertz CT molecular complexity index is 339. The molecule has 3 nitrogen and oxygen atoms in total. The molecule has 2 rings (SSSR count). The Labute approximate surface area is 96.7 Å². The van der Waals surface area contributed by atoms with Gasteiger partial charge in [0.15, 0.2) is 0 Å². The summed E-state index contributed by atoms with van der Waals surface area (Å²) in [6.07, 6.45) is 2.05. The maximum absolute atomic E-state index is 10.6. The number of nitrogen functional groups attached to an aromatic ring is 1. The highest BCUT2D eigenvalue weighted by Crippen LogP contribution is 2.34. The number of piperidine rings is 1. The molecule has 0 aliphatic carbocycles. The fraction of sp³-hybridized carbons (Fsp3) is 0.538. The van der Waals surface area contributed by atoms with Crippen molar-refractivity contribution in [3.8, 4) is 0 Å². The summed E-state index contributed by atoms with van der Waals surface area (Å²) in [7, 11) is 0. The number of hydrogen-bond donors (Lipinski definition) is 3. The zero-order valence-corrected chi connectivity index (χ0v) is 9.74. The lowest BCUT2D eigenvalue weighted by atomic mass is 9.78. The molecule has 16 heavy (non-hydrogen) atoms. The van der Waals surface area contributed by atoms with Crippen molar-refractivity contribution in [2.45, 2.75) is 25.4 Å². The van der Waals surface area contributed by atoms with Crippen LogP contribution in [-0.4, -0.2) is 18.2 Å². The molecule has 0 bridgehead atoms. The zero-order chi connectivity index (χ0) is 11.6. The molecule has 1 aromatic rings. The van der Waals surface area contributed by atoms with E-state index in [1.165, 1.54) is 0 Å². The van der Waals surface area contributed by atoms with Crippen LogP contribution in [0.5, 0.6) is 0 Å². The largest absolute Gasteiger partial charge is 0.399 e. The zero-order valence-electron chi connectivity index (χ0n) is 9.74. The van der Waals surface area contributed by atoms with Gasteiger partial charge in [0.05, 0.1) is 5.60 Å². The third-order valence-corrected chi connectivity index (χ3v) is 3.63. The second kappa shape index (κ2) is 4.44. The van der Waals surface area contributed by atoms with Crippen molar-refractivity contribution in [2.75, 3.05) is 18.8 Å². The van der Waals surface area contributed by atoms with Gasteiger partial charge in [0, 0.05) is 5.69 Å². The van der Waals surface area contributed by atoms with E-state index in [0.717, 1.165) is 37.2 Å². The number of aliphatic hydroxyl groups is 1. The molecule has 1 atom stereocenters. The smallest absolute Gasteiger partial charge is 0.0897 e. The molecule has 0 amide bonds. The van der Waals surface area contributed by atoms with Gasteiger partial charge in [0.25, 0.3) is 0 Å². The molecule has 1 aliphatic heterocycles. The molecular formula is C13H20N2O. The van der Waals surface area contributed by atoms with Crippen LogP contribution in [0, 0.1) is 5.92 Å². The highest BCUT2D eigenvalue weighted by molar-refractivity contribution is 5.40. The van der Waals surface area contributed by atoms with Crippen LogP contribution in [-0.2, 0) is 5.60 Å². The van der Waals surface area contributed by atoms with E-state index >= 15 is 0 Å². The van der Waals surface area contributed by atoms with Gasteiger partial charge in [0.1, 0.15) is 0 Å². The van der Waals surface area contributed by atoms with Gasteiger partial charge in [-0.2, -0.15) is 0 Å². The van der Waals surface area contributed by atoms with Crippen LogP contribution in [0.2, 0.25) is 0 Å². The second-order valence-electron chi connectivity index (χ2n) is 4.79. The van der Waals surface area contributed by atoms with Crippen molar-refractivity contribution in [1.29, 1.82) is 0 Å². The second-order valence-corrected chi connectivity index (χ2v) is 4.79. The molecule has 88 valence electrons. The molecule has 1 saturated heterocycles. The average Bonchev–Trinajstić information content (AvgIpc) is 2.31. The summed E-state index contributed by atoms with van der Waals surface area (Å²) in [6, 6.07) is 7.56. The molecule has 0 saturated carbocycles. The molecule has 1 fully saturated rings. The Morgan fingerprint density at radius 1 is 1.25 bits per heavy atom. The van der Waals surface area contributed by atoms with Crippen molar-refractivity contribution in [3.63, 3.8) is 0 Å². The van der Waals surface area contributed by atoms with Crippen LogP contribution in [0.1, 0.15) is 25.3 Å². The van der Waals surface area contributed by atoms with E-state index < -0.39 is 5.60 Å². The van der Waals surface area contributed by atoms with Crippen molar-refractivity contribution in [2.24, 2.45) is 5.92 Å². The quantitative estimate of drug-likeness (QED) is 0.662. The lowest BCUT2D eigenvalue weighted by molar-refractivity contribution is -0.0186. The number of benzene rings is 1. The maximum atomic E-state index is 10.6. The highest BCUT2D eigenvalue weighted by atomic mass is 16.3. The fourth-order valence-electron chi connectivity index (χ4n) is 2.44. The summed E-state index contributed by atoms with van der Waals surface area (Å²) >= 11 is 0. The van der Waals surface area contributed by atoms with Crippen LogP contribution in [0.3, 0.4) is 0 Å². The normalized spacial score (nSPS) is 21.6. The lowest BCUT2D eigenvalue weighted by Gasteiger charge is -2.36. The van der Waals surface area contributed by atoms with Crippen molar-refractivity contribution in [1.82, 2.24) is 5.32 Å². The van der Waals surface area contributed by atoms with E-state index in [4.69, 9.17) is 5.73 Å². The molecule has 0 spiro atoms. The van der Waals surface area contributed by atoms with Crippen LogP contribution >= 0.6 is 0 Å². The van der Waals surface area contributed by atoms with E-state index in [2.05, 4.69) is 5.32 Å². The summed E-state index contributed by atoms with van der Waals surface area (Å²) in [4.78, 5) is 0. The first-order chi connectivity index (χ1) is 7.60. The van der Waals surface area contributed by atoms with Crippen molar-refractivity contribution < 1.29 is 5.11 Å². The molecule has 4 N–H and O–H groups in total. The Morgan fingerprint density at radius 2 is 1.81 bits per heavy atom. The number of hydrogen-bond acceptors (Lipinski definition) is 3. The number of rotatable bonds is 2. The van der Waals surface area contributed by atoms with E-state index in [-0.39, 0.29) is 0 Å².